The zero-order valence-corrected chi connectivity index (χ0v) is 10.9. The first-order valence-electron chi connectivity index (χ1n) is 4.87. The normalized spacial score (nSPS) is 11.5. The van der Waals surface area contributed by atoms with Gasteiger partial charge in [0.1, 0.15) is 4.90 Å². The molecule has 11 heteroatoms. The Bertz CT molecular complexity index is 880. The topological polar surface area (TPSA) is 135 Å². The molecule has 0 aliphatic rings. The molecule has 21 heavy (non-hydrogen) atoms. The second-order valence-corrected chi connectivity index (χ2v) is 6.66. The number of fused-ring (bicyclic) bond motifs is 1. The van der Waals surface area contributed by atoms with Crippen LogP contribution in [0.15, 0.2) is 40.1 Å². The Balaban J connectivity index is 0.00000200. The number of nitrogens with two attached hydrogens (primary N) is 1. The van der Waals surface area contributed by atoms with E-state index >= 15 is 0 Å². The molecule has 4 N–H and O–H groups in total. The van der Waals surface area contributed by atoms with Gasteiger partial charge < -0.3 is 5.73 Å². The molecule has 106 valence electrons. The van der Waals surface area contributed by atoms with Gasteiger partial charge in [-0.15, -0.1) is 0 Å². The molecule has 0 aliphatic heterocycles. The van der Waals surface area contributed by atoms with Gasteiger partial charge >= 0.3 is 59.1 Å². The van der Waals surface area contributed by atoms with Gasteiger partial charge in [-0.2, -0.15) is 16.8 Å². The Morgan fingerprint density at radius 2 is 1.43 bits per heavy atom. The molecule has 0 unspecified atom stereocenters. The minimum absolute atomic E-state index is 0. The number of hydrogen-bond acceptors (Lipinski definition) is 5. The van der Waals surface area contributed by atoms with Gasteiger partial charge in [-0.1, -0.05) is 6.07 Å². The van der Waals surface area contributed by atoms with Gasteiger partial charge in [0.2, 0.25) is 0 Å². The van der Waals surface area contributed by atoms with E-state index in [0.29, 0.717) is 6.07 Å². The molecule has 0 atom stereocenters. The van der Waals surface area contributed by atoms with Crippen LogP contribution in [0.3, 0.4) is 0 Å². The van der Waals surface area contributed by atoms with Crippen molar-refractivity contribution >= 4 is 95.8 Å². The minimum atomic E-state index is -4.64. The first kappa shape index (κ1) is 21.3. The first-order chi connectivity index (χ1) is 8.59. The van der Waals surface area contributed by atoms with Crippen LogP contribution in [0.2, 0.25) is 0 Å². The van der Waals surface area contributed by atoms with Crippen LogP contribution in [0.4, 0.5) is 5.69 Å². The number of benzene rings is 2. The maximum absolute atomic E-state index is 11.3. The van der Waals surface area contributed by atoms with E-state index in [-0.39, 0.29) is 75.6 Å². The SMILES string of the molecule is Nc1ccc2c(S(=O)(=O)O)cc(S(=O)(=O)O)cc2c1.[NaH].[NaH]. The van der Waals surface area contributed by atoms with Crippen LogP contribution in [0.1, 0.15) is 0 Å². The van der Waals surface area contributed by atoms with E-state index in [2.05, 4.69) is 0 Å². The summed E-state index contributed by atoms with van der Waals surface area (Å²) in [6.45, 7) is 0. The van der Waals surface area contributed by atoms with Gasteiger partial charge in [0.05, 0.1) is 4.90 Å². The Labute approximate surface area is 166 Å². The van der Waals surface area contributed by atoms with E-state index in [1.165, 1.54) is 18.2 Å². The summed E-state index contributed by atoms with van der Waals surface area (Å²) in [6, 6.07) is 5.82. The second kappa shape index (κ2) is 7.26. The van der Waals surface area contributed by atoms with Crippen molar-refractivity contribution in [1.82, 2.24) is 0 Å². The summed E-state index contributed by atoms with van der Waals surface area (Å²) in [5.74, 6) is 0. The third-order valence-electron chi connectivity index (χ3n) is 2.49. The fourth-order valence-electron chi connectivity index (χ4n) is 1.69. The van der Waals surface area contributed by atoms with Gasteiger partial charge in [0.15, 0.2) is 0 Å². The van der Waals surface area contributed by atoms with Gasteiger partial charge in [-0.3, -0.25) is 9.11 Å². The van der Waals surface area contributed by atoms with Crippen LogP contribution in [-0.2, 0) is 20.2 Å². The molecule has 0 saturated heterocycles. The van der Waals surface area contributed by atoms with E-state index in [9.17, 15) is 16.8 Å². The van der Waals surface area contributed by atoms with Crippen molar-refractivity contribution in [3.05, 3.63) is 30.3 Å². The molecule has 0 bridgehead atoms. The van der Waals surface area contributed by atoms with Crippen LogP contribution in [0, 0.1) is 0 Å². The van der Waals surface area contributed by atoms with Crippen LogP contribution in [0.25, 0.3) is 10.8 Å². The van der Waals surface area contributed by atoms with Crippen molar-refractivity contribution < 1.29 is 25.9 Å². The summed E-state index contributed by atoms with van der Waals surface area (Å²) in [6.07, 6.45) is 0. The van der Waals surface area contributed by atoms with Gasteiger partial charge in [-0.05, 0) is 29.7 Å². The van der Waals surface area contributed by atoms with Crippen molar-refractivity contribution in [3.8, 4) is 0 Å². The Hall–Kier alpha value is 0.320. The number of anilines is 1. The average molecular weight is 351 g/mol. The van der Waals surface area contributed by atoms with Crippen molar-refractivity contribution in [2.45, 2.75) is 9.79 Å². The molecule has 2 aromatic rings. The van der Waals surface area contributed by atoms with Crippen molar-refractivity contribution in [2.24, 2.45) is 0 Å². The predicted molar refractivity (Wildman–Crippen MR) is 82.3 cm³/mol. The molecular weight excluding hydrogens is 340 g/mol. The van der Waals surface area contributed by atoms with E-state index in [1.54, 1.807) is 0 Å². The Morgan fingerprint density at radius 1 is 0.857 bits per heavy atom. The number of rotatable bonds is 2. The van der Waals surface area contributed by atoms with Gasteiger partial charge in [0.25, 0.3) is 20.2 Å². The Morgan fingerprint density at radius 3 is 1.90 bits per heavy atom. The van der Waals surface area contributed by atoms with E-state index in [1.807, 2.05) is 0 Å². The molecule has 0 spiro atoms. The molecule has 0 aromatic heterocycles. The van der Waals surface area contributed by atoms with E-state index in [0.717, 1.165) is 6.07 Å². The molecule has 0 saturated carbocycles. The summed E-state index contributed by atoms with van der Waals surface area (Å²) >= 11 is 0. The molecule has 0 fully saturated rings. The summed E-state index contributed by atoms with van der Waals surface area (Å²) in [5, 5.41) is 0.270. The first-order valence-corrected chi connectivity index (χ1v) is 7.75. The fraction of sp³-hybridized carbons (Fsp3) is 0. The number of hydrogen-bond donors (Lipinski definition) is 3. The molecular formula is C10H11NNa2O6S2. The van der Waals surface area contributed by atoms with Crippen molar-refractivity contribution in [2.75, 3.05) is 5.73 Å². The predicted octanol–water partition coefficient (Wildman–Crippen LogP) is -0.382. The quantitative estimate of drug-likeness (QED) is 0.381. The summed E-state index contributed by atoms with van der Waals surface area (Å²) in [4.78, 5) is -1.25. The fourth-order valence-corrected chi connectivity index (χ4v) is 3.05. The maximum atomic E-state index is 11.3. The van der Waals surface area contributed by atoms with Crippen LogP contribution in [-0.4, -0.2) is 85.1 Å². The summed E-state index contributed by atoms with van der Waals surface area (Å²) in [7, 11) is -9.25. The standard InChI is InChI=1S/C10H9NO6S2.2Na.2H/c11-7-1-2-9-6(3-7)4-8(18(12,13)14)5-10(9)19(15,16)17;;;;/h1-5H,11H2,(H,12,13,14)(H,15,16,17);;;;. The third kappa shape index (κ3) is 4.90. The molecule has 2 rings (SSSR count). The molecule has 2 aromatic carbocycles. The Kier molecular flexibility index (Phi) is 7.37. The van der Waals surface area contributed by atoms with Crippen LogP contribution < -0.4 is 5.73 Å². The zero-order valence-electron chi connectivity index (χ0n) is 9.31. The zero-order chi connectivity index (χ0) is 14.4. The molecule has 7 nitrogen and oxygen atoms in total. The van der Waals surface area contributed by atoms with Gasteiger partial charge in [-0.25, -0.2) is 0 Å². The monoisotopic (exact) mass is 351 g/mol. The van der Waals surface area contributed by atoms with E-state index in [4.69, 9.17) is 14.8 Å². The van der Waals surface area contributed by atoms with Crippen LogP contribution >= 0.6 is 0 Å². The second-order valence-electron chi connectivity index (χ2n) is 3.85. The van der Waals surface area contributed by atoms with Crippen molar-refractivity contribution in [1.29, 1.82) is 0 Å². The summed E-state index contributed by atoms with van der Waals surface area (Å²) in [5.41, 5.74) is 5.80. The average Bonchev–Trinajstić information content (AvgIpc) is 2.24. The molecule has 0 amide bonds. The van der Waals surface area contributed by atoms with Crippen LogP contribution in [0.5, 0.6) is 0 Å². The van der Waals surface area contributed by atoms with E-state index < -0.39 is 30.0 Å². The summed E-state index contributed by atoms with van der Waals surface area (Å²) < 4.78 is 62.8. The van der Waals surface area contributed by atoms with Gasteiger partial charge in [0, 0.05) is 11.1 Å². The van der Waals surface area contributed by atoms with Crippen molar-refractivity contribution in [3.63, 3.8) is 0 Å². The molecule has 0 heterocycles. The molecule has 0 radical (unpaired) electrons. The number of nitrogen functional groups attached to an aromatic ring is 1. The molecule has 0 aliphatic carbocycles. The third-order valence-corrected chi connectivity index (χ3v) is 4.21.